The highest BCUT2D eigenvalue weighted by molar-refractivity contribution is 6.06. The Kier molecular flexibility index (Phi) is 5.40. The van der Waals surface area contributed by atoms with Gasteiger partial charge in [0.15, 0.2) is 0 Å². The predicted molar refractivity (Wildman–Crippen MR) is 94.4 cm³/mol. The second-order valence-corrected chi connectivity index (χ2v) is 5.64. The van der Waals surface area contributed by atoms with Crippen LogP contribution in [0.15, 0.2) is 73.1 Å². The van der Waals surface area contributed by atoms with Gasteiger partial charge in [-0.1, -0.05) is 30.3 Å². The number of anilines is 1. The molecule has 1 amide bonds. The maximum atomic E-state index is 13.1. The van der Waals surface area contributed by atoms with Gasteiger partial charge in [0.05, 0.1) is 23.0 Å². The first kappa shape index (κ1) is 18.4. The molecule has 0 fully saturated rings. The molecule has 0 aliphatic heterocycles. The zero-order valence-electron chi connectivity index (χ0n) is 14.0. The lowest BCUT2D eigenvalue weighted by molar-refractivity contribution is -0.138. The molecule has 138 valence electrons. The molecule has 3 rings (SSSR count). The third-order valence-corrected chi connectivity index (χ3v) is 3.76. The fourth-order valence-electron chi connectivity index (χ4n) is 2.49. The van der Waals surface area contributed by atoms with Crippen LogP contribution in [-0.4, -0.2) is 10.9 Å². The van der Waals surface area contributed by atoms with E-state index in [0.717, 1.165) is 6.07 Å². The quantitative estimate of drug-likeness (QED) is 0.691. The average Bonchev–Trinajstić information content (AvgIpc) is 2.67. The van der Waals surface area contributed by atoms with Crippen molar-refractivity contribution in [1.82, 2.24) is 4.98 Å². The van der Waals surface area contributed by atoms with Gasteiger partial charge in [-0.3, -0.25) is 9.78 Å². The number of para-hydroxylation sites is 1. The minimum Gasteiger partial charge on any atom is -0.488 e. The van der Waals surface area contributed by atoms with Gasteiger partial charge in [0, 0.05) is 11.8 Å². The summed E-state index contributed by atoms with van der Waals surface area (Å²) in [5, 5.41) is 2.67. The molecule has 0 bridgehead atoms. The molecule has 0 radical (unpaired) electrons. The number of alkyl halides is 3. The number of aromatic nitrogens is 1. The van der Waals surface area contributed by atoms with Gasteiger partial charge < -0.3 is 10.1 Å². The van der Waals surface area contributed by atoms with Crippen LogP contribution in [0.2, 0.25) is 0 Å². The number of hydrogen-bond donors (Lipinski definition) is 1. The summed E-state index contributed by atoms with van der Waals surface area (Å²) in [4.78, 5) is 16.4. The van der Waals surface area contributed by atoms with E-state index >= 15 is 0 Å². The van der Waals surface area contributed by atoms with Crippen LogP contribution < -0.4 is 10.1 Å². The van der Waals surface area contributed by atoms with E-state index in [0.29, 0.717) is 5.69 Å². The molecule has 0 spiro atoms. The lowest BCUT2D eigenvalue weighted by Gasteiger charge is -2.15. The Hall–Kier alpha value is -3.35. The monoisotopic (exact) mass is 372 g/mol. The number of benzene rings is 2. The van der Waals surface area contributed by atoms with Crippen LogP contribution in [0.5, 0.6) is 5.75 Å². The molecule has 1 heterocycles. The molecule has 0 atom stereocenters. The number of carbonyl (C=O) groups excluding carboxylic acids is 1. The number of nitrogens with zero attached hydrogens (tertiary/aromatic N) is 1. The standard InChI is InChI=1S/C20H15F3N2O2/c21-20(22,23)17-9-3-1-6-14(17)13-27-18-10-4-2-8-16(18)19(26)25-15-7-5-11-24-12-15/h1-12H,13H2,(H,25,26). The zero-order valence-corrected chi connectivity index (χ0v) is 14.0. The fourth-order valence-corrected chi connectivity index (χ4v) is 2.49. The largest absolute Gasteiger partial charge is 0.488 e. The SMILES string of the molecule is O=C(Nc1cccnc1)c1ccccc1OCc1ccccc1C(F)(F)F. The molecule has 2 aromatic carbocycles. The number of hydrogen-bond acceptors (Lipinski definition) is 3. The molecule has 3 aromatic rings. The Labute approximate surface area is 153 Å². The molecule has 7 heteroatoms. The third kappa shape index (κ3) is 4.63. The van der Waals surface area contributed by atoms with Crippen molar-refractivity contribution in [1.29, 1.82) is 0 Å². The Balaban J connectivity index is 1.79. The van der Waals surface area contributed by atoms with Gasteiger partial charge in [0.2, 0.25) is 0 Å². The summed E-state index contributed by atoms with van der Waals surface area (Å²) in [5.74, 6) is -0.251. The van der Waals surface area contributed by atoms with Crippen molar-refractivity contribution in [3.8, 4) is 5.75 Å². The number of halogens is 3. The first-order valence-corrected chi connectivity index (χ1v) is 8.03. The first-order valence-electron chi connectivity index (χ1n) is 8.03. The van der Waals surface area contributed by atoms with E-state index in [1.807, 2.05) is 0 Å². The van der Waals surface area contributed by atoms with Crippen molar-refractivity contribution >= 4 is 11.6 Å². The highest BCUT2D eigenvalue weighted by Crippen LogP contribution is 2.32. The highest BCUT2D eigenvalue weighted by Gasteiger charge is 2.33. The Morgan fingerprint density at radius 2 is 1.74 bits per heavy atom. The summed E-state index contributed by atoms with van der Waals surface area (Å²) in [6.45, 7) is -0.313. The molecule has 1 aromatic heterocycles. The molecular formula is C20H15F3N2O2. The van der Waals surface area contributed by atoms with Crippen LogP contribution in [0.3, 0.4) is 0 Å². The van der Waals surface area contributed by atoms with Crippen LogP contribution in [0.4, 0.5) is 18.9 Å². The number of ether oxygens (including phenoxy) is 1. The molecule has 0 saturated heterocycles. The van der Waals surface area contributed by atoms with E-state index in [1.54, 1.807) is 30.5 Å². The van der Waals surface area contributed by atoms with Crippen molar-refractivity contribution < 1.29 is 22.7 Å². The molecular weight excluding hydrogens is 357 g/mol. The number of carbonyl (C=O) groups is 1. The lowest BCUT2D eigenvalue weighted by Crippen LogP contribution is -2.15. The van der Waals surface area contributed by atoms with Crippen LogP contribution in [0, 0.1) is 0 Å². The van der Waals surface area contributed by atoms with E-state index in [9.17, 15) is 18.0 Å². The van der Waals surface area contributed by atoms with Crippen LogP contribution >= 0.6 is 0 Å². The third-order valence-electron chi connectivity index (χ3n) is 3.76. The van der Waals surface area contributed by atoms with Gasteiger partial charge in [0.1, 0.15) is 12.4 Å². The number of rotatable bonds is 5. The maximum absolute atomic E-state index is 13.1. The molecule has 0 unspecified atom stereocenters. The van der Waals surface area contributed by atoms with E-state index in [4.69, 9.17) is 4.74 Å². The van der Waals surface area contributed by atoms with Crippen LogP contribution in [0.1, 0.15) is 21.5 Å². The lowest BCUT2D eigenvalue weighted by atomic mass is 10.1. The Bertz CT molecular complexity index is 928. The van der Waals surface area contributed by atoms with Crippen molar-refractivity contribution in [3.63, 3.8) is 0 Å². The summed E-state index contributed by atoms with van der Waals surface area (Å²) < 4.78 is 44.8. The second-order valence-electron chi connectivity index (χ2n) is 5.64. The molecule has 1 N–H and O–H groups in total. The second kappa shape index (κ2) is 7.90. The van der Waals surface area contributed by atoms with E-state index in [1.165, 1.54) is 36.5 Å². The Morgan fingerprint density at radius 3 is 2.48 bits per heavy atom. The summed E-state index contributed by atoms with van der Waals surface area (Å²) in [5.41, 5.74) is -0.0553. The fraction of sp³-hybridized carbons (Fsp3) is 0.100. The summed E-state index contributed by atoms with van der Waals surface area (Å²) in [7, 11) is 0. The van der Waals surface area contributed by atoms with Gasteiger partial charge in [0.25, 0.3) is 5.91 Å². The van der Waals surface area contributed by atoms with Gasteiger partial charge in [-0.05, 0) is 30.3 Å². The van der Waals surface area contributed by atoms with Crippen molar-refractivity contribution in [2.24, 2.45) is 0 Å². The zero-order chi connectivity index (χ0) is 19.3. The van der Waals surface area contributed by atoms with Gasteiger partial charge in [-0.15, -0.1) is 0 Å². The number of nitrogens with one attached hydrogen (secondary N) is 1. The summed E-state index contributed by atoms with van der Waals surface area (Å²) in [6, 6.07) is 14.9. The van der Waals surface area contributed by atoms with Gasteiger partial charge in [-0.25, -0.2) is 0 Å². The van der Waals surface area contributed by atoms with E-state index < -0.39 is 17.6 Å². The van der Waals surface area contributed by atoms with Crippen LogP contribution in [0.25, 0.3) is 0 Å². The Morgan fingerprint density at radius 1 is 1.00 bits per heavy atom. The first-order chi connectivity index (χ1) is 12.9. The predicted octanol–water partition coefficient (Wildman–Crippen LogP) is 4.93. The molecule has 0 aliphatic rings. The molecule has 0 aliphatic carbocycles. The van der Waals surface area contributed by atoms with Crippen LogP contribution in [-0.2, 0) is 12.8 Å². The van der Waals surface area contributed by atoms with Gasteiger partial charge in [-0.2, -0.15) is 13.2 Å². The number of pyridine rings is 1. The van der Waals surface area contributed by atoms with Crippen molar-refractivity contribution in [2.45, 2.75) is 12.8 Å². The normalized spacial score (nSPS) is 11.1. The molecule has 0 saturated carbocycles. The van der Waals surface area contributed by atoms with Gasteiger partial charge >= 0.3 is 6.18 Å². The van der Waals surface area contributed by atoms with Crippen molar-refractivity contribution in [2.75, 3.05) is 5.32 Å². The summed E-state index contributed by atoms with van der Waals surface area (Å²) in [6.07, 6.45) is -1.41. The highest BCUT2D eigenvalue weighted by atomic mass is 19.4. The maximum Gasteiger partial charge on any atom is 0.416 e. The van der Waals surface area contributed by atoms with E-state index in [-0.39, 0.29) is 23.5 Å². The topological polar surface area (TPSA) is 51.2 Å². The smallest absolute Gasteiger partial charge is 0.416 e. The average molecular weight is 372 g/mol. The van der Waals surface area contributed by atoms with E-state index in [2.05, 4.69) is 10.3 Å². The minimum absolute atomic E-state index is 0.00697. The summed E-state index contributed by atoms with van der Waals surface area (Å²) >= 11 is 0. The minimum atomic E-state index is -4.48. The van der Waals surface area contributed by atoms with Crippen molar-refractivity contribution in [3.05, 3.63) is 89.7 Å². The number of amides is 1. The molecule has 27 heavy (non-hydrogen) atoms. The molecule has 4 nitrogen and oxygen atoms in total.